The van der Waals surface area contributed by atoms with Crippen LogP contribution >= 0.6 is 0 Å². The van der Waals surface area contributed by atoms with Crippen LogP contribution in [0.4, 0.5) is 0 Å². The van der Waals surface area contributed by atoms with Crippen molar-refractivity contribution in [3.63, 3.8) is 0 Å². The average Bonchev–Trinajstić information content (AvgIpc) is 3.09. The van der Waals surface area contributed by atoms with Crippen molar-refractivity contribution in [1.29, 1.82) is 0 Å². The third-order valence-corrected chi connectivity index (χ3v) is 8.07. The highest BCUT2D eigenvalue weighted by molar-refractivity contribution is 5.79. The van der Waals surface area contributed by atoms with Crippen LogP contribution in [0.5, 0.6) is 0 Å². The van der Waals surface area contributed by atoms with E-state index in [1.54, 1.807) is 4.68 Å². The number of nitrogens with one attached hydrogen (secondary N) is 1. The summed E-state index contributed by atoms with van der Waals surface area (Å²) in [6.07, 6.45) is 3.94. The molecule has 1 N–H and O–H groups in total. The summed E-state index contributed by atoms with van der Waals surface area (Å²) in [5.41, 5.74) is 5.06. The Morgan fingerprint density at radius 1 is 1.17 bits per heavy atom. The maximum absolute atomic E-state index is 13.0. The van der Waals surface area contributed by atoms with Crippen molar-refractivity contribution in [3.05, 3.63) is 34.4 Å². The number of nitrogens with zero attached hydrogens (tertiary/aromatic N) is 4. The lowest BCUT2D eigenvalue weighted by molar-refractivity contribution is -0.122. The lowest BCUT2D eigenvalue weighted by Gasteiger charge is -2.39. The van der Waals surface area contributed by atoms with Gasteiger partial charge in [-0.05, 0) is 69.8 Å². The van der Waals surface area contributed by atoms with Crippen LogP contribution in [0.15, 0.2) is 6.07 Å². The molecule has 2 fully saturated rings. The van der Waals surface area contributed by atoms with Gasteiger partial charge in [0.15, 0.2) is 0 Å². The molecule has 29 heavy (non-hydrogen) atoms. The van der Waals surface area contributed by atoms with E-state index in [9.17, 15) is 4.79 Å². The molecule has 2 bridgehead atoms. The summed E-state index contributed by atoms with van der Waals surface area (Å²) in [7, 11) is 0. The predicted octanol–water partition coefficient (Wildman–Crippen LogP) is 3.77. The topological polar surface area (TPSA) is 72.7 Å². The molecule has 0 saturated heterocycles. The van der Waals surface area contributed by atoms with E-state index < -0.39 is 0 Å². The third-order valence-electron chi connectivity index (χ3n) is 8.07. The van der Waals surface area contributed by atoms with E-state index >= 15 is 0 Å². The molecule has 2 heterocycles. The molecule has 156 valence electrons. The molecule has 3 atom stereocenters. The van der Waals surface area contributed by atoms with Gasteiger partial charge in [0.05, 0.1) is 12.1 Å². The first-order valence-electron chi connectivity index (χ1n) is 10.7. The smallest absolute Gasteiger partial charge is 0.251 e. The molecule has 2 aromatic heterocycles. The summed E-state index contributed by atoms with van der Waals surface area (Å²) in [6, 6.07) is 2.21. The number of fused-ring (bicyclic) bond motifs is 2. The largest absolute Gasteiger partial charge is 0.353 e. The molecule has 3 unspecified atom stereocenters. The number of hydrogen-bond donors (Lipinski definition) is 1. The number of rotatable bonds is 4. The van der Waals surface area contributed by atoms with Crippen molar-refractivity contribution in [1.82, 2.24) is 25.1 Å². The molecule has 6 nitrogen and oxygen atoms in total. The zero-order chi connectivity index (χ0) is 21.1. The molecular weight excluding hydrogens is 362 g/mol. The fourth-order valence-electron chi connectivity index (χ4n) is 5.76. The Kier molecular flexibility index (Phi) is 4.59. The van der Waals surface area contributed by atoms with Crippen LogP contribution in [0.25, 0.3) is 5.95 Å². The van der Waals surface area contributed by atoms with Gasteiger partial charge in [0.1, 0.15) is 0 Å². The second-order valence-corrected chi connectivity index (χ2v) is 9.92. The van der Waals surface area contributed by atoms with Crippen LogP contribution in [0.1, 0.15) is 68.4 Å². The Labute approximate surface area is 173 Å². The predicted molar refractivity (Wildman–Crippen MR) is 113 cm³/mol. The van der Waals surface area contributed by atoms with E-state index in [4.69, 9.17) is 0 Å². The van der Waals surface area contributed by atoms with E-state index in [1.807, 2.05) is 33.8 Å². The van der Waals surface area contributed by atoms with Crippen LogP contribution < -0.4 is 5.32 Å². The Bertz CT molecular complexity index is 956. The SMILES string of the molecule is Cc1cc(C)nc(-n2nc(C)c(CC(=O)NC3CC4CCC3(C)C4(C)C)c2C)n1. The van der Waals surface area contributed by atoms with Crippen LogP contribution in [0.3, 0.4) is 0 Å². The fourth-order valence-corrected chi connectivity index (χ4v) is 5.76. The maximum atomic E-state index is 13.0. The Morgan fingerprint density at radius 3 is 2.38 bits per heavy atom. The standard InChI is InChI=1S/C23H33N5O/c1-13-10-14(2)25-21(24-13)28-16(4)18(15(3)27-28)12-20(29)26-19-11-17-8-9-23(19,7)22(17,5)6/h10,17,19H,8-9,11-12H2,1-7H3,(H,26,29). The third kappa shape index (κ3) is 3.08. The van der Waals surface area contributed by atoms with Gasteiger partial charge in [0.2, 0.25) is 5.91 Å². The van der Waals surface area contributed by atoms with Crippen molar-refractivity contribution in [2.75, 3.05) is 0 Å². The Hall–Kier alpha value is -2.24. The minimum Gasteiger partial charge on any atom is -0.353 e. The lowest BCUT2D eigenvalue weighted by atomic mass is 9.69. The molecular formula is C23H33N5O. The molecule has 1 amide bonds. The summed E-state index contributed by atoms with van der Waals surface area (Å²) in [5.74, 6) is 1.37. The van der Waals surface area contributed by atoms with Gasteiger partial charge in [-0.3, -0.25) is 4.79 Å². The summed E-state index contributed by atoms with van der Waals surface area (Å²) >= 11 is 0. The molecule has 6 heteroatoms. The van der Waals surface area contributed by atoms with E-state index in [-0.39, 0.29) is 17.4 Å². The molecule has 2 aromatic rings. The number of aryl methyl sites for hydroxylation is 3. The van der Waals surface area contributed by atoms with Gasteiger partial charge in [0.25, 0.3) is 5.95 Å². The number of carbonyl (C=O) groups is 1. The van der Waals surface area contributed by atoms with Crippen molar-refractivity contribution < 1.29 is 4.79 Å². The zero-order valence-electron chi connectivity index (χ0n) is 18.8. The van der Waals surface area contributed by atoms with E-state index in [2.05, 4.69) is 41.2 Å². The van der Waals surface area contributed by atoms with Gasteiger partial charge in [0, 0.05) is 28.7 Å². The van der Waals surface area contributed by atoms with Gasteiger partial charge >= 0.3 is 0 Å². The second kappa shape index (κ2) is 6.64. The molecule has 4 rings (SSSR count). The molecule has 2 aliphatic carbocycles. The summed E-state index contributed by atoms with van der Waals surface area (Å²) in [5, 5.41) is 8.00. The monoisotopic (exact) mass is 395 g/mol. The van der Waals surface area contributed by atoms with Gasteiger partial charge < -0.3 is 5.32 Å². The molecule has 0 radical (unpaired) electrons. The Balaban J connectivity index is 1.53. The first kappa shape index (κ1) is 20.0. The van der Waals surface area contributed by atoms with Crippen LogP contribution in [0.2, 0.25) is 0 Å². The fraction of sp³-hybridized carbons (Fsp3) is 0.652. The quantitative estimate of drug-likeness (QED) is 0.855. The molecule has 2 saturated carbocycles. The second-order valence-electron chi connectivity index (χ2n) is 9.92. The summed E-state index contributed by atoms with van der Waals surface area (Å²) in [4.78, 5) is 22.0. The van der Waals surface area contributed by atoms with Gasteiger partial charge in [-0.15, -0.1) is 0 Å². The number of hydrogen-bond acceptors (Lipinski definition) is 4. The highest BCUT2D eigenvalue weighted by Crippen LogP contribution is 2.65. The summed E-state index contributed by atoms with van der Waals surface area (Å²) in [6.45, 7) is 15.0. The van der Waals surface area contributed by atoms with Crippen molar-refractivity contribution in [3.8, 4) is 5.95 Å². The average molecular weight is 396 g/mol. The number of amides is 1. The molecule has 0 spiro atoms. The maximum Gasteiger partial charge on any atom is 0.251 e. The van der Waals surface area contributed by atoms with Crippen LogP contribution in [-0.2, 0) is 11.2 Å². The lowest BCUT2D eigenvalue weighted by Crippen LogP contribution is -2.47. The van der Waals surface area contributed by atoms with E-state index in [0.29, 0.717) is 23.7 Å². The van der Waals surface area contributed by atoms with Gasteiger partial charge in [-0.25, -0.2) is 14.6 Å². The molecule has 0 aliphatic heterocycles. The van der Waals surface area contributed by atoms with Crippen molar-refractivity contribution in [2.24, 2.45) is 16.7 Å². The molecule has 0 aromatic carbocycles. The van der Waals surface area contributed by atoms with Crippen LogP contribution in [0, 0.1) is 44.4 Å². The summed E-state index contributed by atoms with van der Waals surface area (Å²) < 4.78 is 1.76. The normalized spacial score (nSPS) is 27.4. The molecule has 2 aliphatic rings. The van der Waals surface area contributed by atoms with Crippen molar-refractivity contribution in [2.45, 2.75) is 80.2 Å². The van der Waals surface area contributed by atoms with Crippen molar-refractivity contribution >= 4 is 5.91 Å². The van der Waals surface area contributed by atoms with E-state index in [0.717, 1.165) is 34.8 Å². The van der Waals surface area contributed by atoms with Crippen LogP contribution in [-0.4, -0.2) is 31.7 Å². The first-order chi connectivity index (χ1) is 13.5. The van der Waals surface area contributed by atoms with Gasteiger partial charge in [-0.1, -0.05) is 20.8 Å². The van der Waals surface area contributed by atoms with Gasteiger partial charge in [-0.2, -0.15) is 5.10 Å². The first-order valence-corrected chi connectivity index (χ1v) is 10.7. The van der Waals surface area contributed by atoms with E-state index in [1.165, 1.54) is 12.8 Å². The number of aromatic nitrogens is 4. The minimum atomic E-state index is 0.0895. The number of carbonyl (C=O) groups excluding carboxylic acids is 1. The minimum absolute atomic E-state index is 0.0895. The Morgan fingerprint density at radius 2 is 1.83 bits per heavy atom. The highest BCUT2D eigenvalue weighted by Gasteiger charge is 2.61. The zero-order valence-corrected chi connectivity index (χ0v) is 18.8. The highest BCUT2D eigenvalue weighted by atomic mass is 16.1.